The van der Waals surface area contributed by atoms with Gasteiger partial charge in [0.2, 0.25) is 0 Å². The molecule has 1 nitrogen and oxygen atoms in total. The molecule has 0 fully saturated rings. The SMILES string of the molecule is Brc1cc(-c2ccccc2)c2cccc3c4cccc5c(-c6ccccc6)cc(Br)c(oc1c23)c54. The molecule has 1 aromatic heterocycles. The topological polar surface area (TPSA) is 13.1 Å². The van der Waals surface area contributed by atoms with E-state index in [1.54, 1.807) is 0 Å². The molecule has 3 heteroatoms. The van der Waals surface area contributed by atoms with Gasteiger partial charge in [-0.3, -0.25) is 0 Å². The van der Waals surface area contributed by atoms with E-state index in [0.717, 1.165) is 30.9 Å². The summed E-state index contributed by atoms with van der Waals surface area (Å²) >= 11 is 7.71. The summed E-state index contributed by atoms with van der Waals surface area (Å²) in [7, 11) is 0. The van der Waals surface area contributed by atoms with Crippen molar-refractivity contribution in [1.29, 1.82) is 0 Å². The Balaban J connectivity index is 1.73. The zero-order valence-electron chi connectivity index (χ0n) is 18.6. The molecule has 0 unspecified atom stereocenters. The summed E-state index contributed by atoms with van der Waals surface area (Å²) in [5.74, 6) is 0. The van der Waals surface area contributed by atoms with Crippen molar-refractivity contribution in [3.8, 4) is 22.3 Å². The van der Waals surface area contributed by atoms with Gasteiger partial charge in [0.1, 0.15) is 11.2 Å². The van der Waals surface area contributed by atoms with Crippen LogP contribution in [-0.4, -0.2) is 0 Å². The van der Waals surface area contributed by atoms with Crippen LogP contribution in [0.5, 0.6) is 0 Å². The largest absolute Gasteiger partial charge is 0.454 e. The average Bonchev–Trinajstić information content (AvgIpc) is 3.06. The van der Waals surface area contributed by atoms with Crippen LogP contribution in [0.3, 0.4) is 0 Å². The summed E-state index contributed by atoms with van der Waals surface area (Å²) in [4.78, 5) is 0. The second-order valence-electron chi connectivity index (χ2n) is 8.76. The van der Waals surface area contributed by atoms with Gasteiger partial charge in [-0.25, -0.2) is 0 Å². The van der Waals surface area contributed by atoms with E-state index < -0.39 is 0 Å². The first kappa shape index (κ1) is 20.9. The second kappa shape index (κ2) is 8.08. The standard InChI is InChI=1S/C32H18Br2O/c33-27-17-25(19-9-3-1-4-10-19)23-15-7-13-21-22-14-8-16-24-26(20-11-5-2-6-12-20)18-28(34)32(30(22)24)35-31(27)29(21)23/h1-18H. The Morgan fingerprint density at radius 1 is 0.429 bits per heavy atom. The van der Waals surface area contributed by atoms with Crippen LogP contribution in [0, 0.1) is 0 Å². The van der Waals surface area contributed by atoms with Crippen molar-refractivity contribution in [2.24, 2.45) is 0 Å². The van der Waals surface area contributed by atoms with E-state index in [1.165, 1.54) is 43.8 Å². The van der Waals surface area contributed by atoms with Crippen LogP contribution in [-0.2, 0) is 0 Å². The zero-order chi connectivity index (χ0) is 23.5. The van der Waals surface area contributed by atoms with Crippen LogP contribution in [0.25, 0.3) is 65.7 Å². The van der Waals surface area contributed by atoms with Crippen molar-refractivity contribution in [3.05, 3.63) is 118 Å². The highest BCUT2D eigenvalue weighted by Crippen LogP contribution is 2.46. The van der Waals surface area contributed by atoms with Crippen LogP contribution in [0.1, 0.15) is 0 Å². The van der Waals surface area contributed by atoms with E-state index in [4.69, 9.17) is 4.42 Å². The normalized spacial score (nSPS) is 11.7. The first-order valence-corrected chi connectivity index (χ1v) is 13.1. The molecule has 166 valence electrons. The summed E-state index contributed by atoms with van der Waals surface area (Å²) in [5, 5.41) is 6.96. The van der Waals surface area contributed by atoms with Gasteiger partial charge in [-0.2, -0.15) is 0 Å². The van der Waals surface area contributed by atoms with Gasteiger partial charge in [-0.05, 0) is 87.8 Å². The van der Waals surface area contributed by atoms with Crippen molar-refractivity contribution in [3.63, 3.8) is 0 Å². The summed E-state index contributed by atoms with van der Waals surface area (Å²) in [5.41, 5.74) is 6.43. The van der Waals surface area contributed by atoms with Crippen molar-refractivity contribution in [2.45, 2.75) is 0 Å². The maximum absolute atomic E-state index is 6.80. The monoisotopic (exact) mass is 576 g/mol. The Bertz CT molecular complexity index is 1760. The lowest BCUT2D eigenvalue weighted by atomic mass is 9.93. The maximum Gasteiger partial charge on any atom is 0.150 e. The molecule has 0 radical (unpaired) electrons. The molecule has 0 spiro atoms. The lowest BCUT2D eigenvalue weighted by Gasteiger charge is -2.11. The zero-order valence-corrected chi connectivity index (χ0v) is 21.7. The maximum atomic E-state index is 6.80. The number of hydrogen-bond acceptors (Lipinski definition) is 1. The molecule has 0 aliphatic rings. The first-order valence-electron chi connectivity index (χ1n) is 11.5. The highest BCUT2D eigenvalue weighted by Gasteiger charge is 2.19. The predicted molar refractivity (Wildman–Crippen MR) is 155 cm³/mol. The summed E-state index contributed by atoms with van der Waals surface area (Å²) in [6.45, 7) is 0. The molecule has 0 saturated heterocycles. The third-order valence-corrected chi connectivity index (χ3v) is 7.98. The molecular formula is C32H18Br2O. The van der Waals surface area contributed by atoms with Crippen molar-refractivity contribution in [1.82, 2.24) is 0 Å². The third-order valence-electron chi connectivity index (χ3n) is 6.80. The summed E-state index contributed by atoms with van der Waals surface area (Å²) < 4.78 is 8.68. The fraction of sp³-hybridized carbons (Fsp3) is 0. The number of benzene rings is 6. The molecule has 0 bridgehead atoms. The molecule has 0 saturated carbocycles. The van der Waals surface area contributed by atoms with Gasteiger partial charge >= 0.3 is 0 Å². The van der Waals surface area contributed by atoms with E-state index in [0.29, 0.717) is 0 Å². The van der Waals surface area contributed by atoms with Crippen LogP contribution in [0.2, 0.25) is 0 Å². The number of rotatable bonds is 2. The Hall–Kier alpha value is -3.40. The molecule has 7 aromatic rings. The lowest BCUT2D eigenvalue weighted by molar-refractivity contribution is 0.660. The number of halogens is 2. The highest BCUT2D eigenvalue weighted by molar-refractivity contribution is 9.11. The van der Waals surface area contributed by atoms with E-state index in [1.807, 2.05) is 0 Å². The molecule has 6 aromatic carbocycles. The van der Waals surface area contributed by atoms with Crippen LogP contribution in [0.4, 0.5) is 0 Å². The predicted octanol–water partition coefficient (Wildman–Crippen LogP) is 10.8. The van der Waals surface area contributed by atoms with Crippen LogP contribution in [0.15, 0.2) is 123 Å². The quantitative estimate of drug-likeness (QED) is 0.199. The fourth-order valence-electron chi connectivity index (χ4n) is 5.29. The molecule has 7 rings (SSSR count). The van der Waals surface area contributed by atoms with Crippen molar-refractivity contribution in [2.75, 3.05) is 0 Å². The molecule has 0 amide bonds. The van der Waals surface area contributed by atoms with E-state index >= 15 is 0 Å². The second-order valence-corrected chi connectivity index (χ2v) is 10.5. The van der Waals surface area contributed by atoms with E-state index in [9.17, 15) is 0 Å². The summed E-state index contributed by atoms with van der Waals surface area (Å²) in [6, 6.07) is 38.6. The van der Waals surface area contributed by atoms with Crippen LogP contribution >= 0.6 is 31.9 Å². The highest BCUT2D eigenvalue weighted by atomic mass is 79.9. The Morgan fingerprint density at radius 3 is 1.26 bits per heavy atom. The average molecular weight is 578 g/mol. The third kappa shape index (κ3) is 3.19. The van der Waals surface area contributed by atoms with E-state index in [-0.39, 0.29) is 0 Å². The van der Waals surface area contributed by atoms with Gasteiger partial charge in [-0.15, -0.1) is 0 Å². The fourth-order valence-corrected chi connectivity index (χ4v) is 6.30. The number of hydrogen-bond donors (Lipinski definition) is 0. The van der Waals surface area contributed by atoms with Gasteiger partial charge in [0, 0.05) is 10.8 Å². The van der Waals surface area contributed by atoms with Gasteiger partial charge in [0.15, 0.2) is 0 Å². The molecule has 0 aliphatic heterocycles. The molecule has 0 aliphatic carbocycles. The van der Waals surface area contributed by atoms with Crippen LogP contribution < -0.4 is 0 Å². The van der Waals surface area contributed by atoms with E-state index in [2.05, 4.69) is 141 Å². The van der Waals surface area contributed by atoms with Gasteiger partial charge in [0.25, 0.3) is 0 Å². The Kier molecular flexibility index (Phi) is 4.83. The smallest absolute Gasteiger partial charge is 0.150 e. The minimum Gasteiger partial charge on any atom is -0.454 e. The molecule has 35 heavy (non-hydrogen) atoms. The first-order chi connectivity index (χ1) is 17.2. The van der Waals surface area contributed by atoms with Gasteiger partial charge in [-0.1, -0.05) is 97.1 Å². The molecule has 0 atom stereocenters. The molecule has 1 heterocycles. The van der Waals surface area contributed by atoms with Crippen molar-refractivity contribution < 1.29 is 4.42 Å². The number of fused-ring (bicyclic) bond motifs is 1. The summed E-state index contributed by atoms with van der Waals surface area (Å²) in [6.07, 6.45) is 0. The molecule has 0 N–H and O–H groups in total. The van der Waals surface area contributed by atoms with Gasteiger partial charge in [0.05, 0.1) is 8.95 Å². The Labute approximate surface area is 219 Å². The molecular weight excluding hydrogens is 560 g/mol. The van der Waals surface area contributed by atoms with Gasteiger partial charge < -0.3 is 4.42 Å². The minimum absolute atomic E-state index is 0.848. The Morgan fingerprint density at radius 2 is 0.829 bits per heavy atom. The van der Waals surface area contributed by atoms with Crippen molar-refractivity contribution >= 4 is 75.3 Å². The minimum atomic E-state index is 0.848. The lowest BCUT2D eigenvalue weighted by Crippen LogP contribution is -1.85.